The molecule has 1 aliphatic rings. The Morgan fingerprint density at radius 1 is 1.03 bits per heavy atom. The van der Waals surface area contributed by atoms with Crippen LogP contribution >= 0.6 is 0 Å². The molecule has 5 rings (SSSR count). The van der Waals surface area contributed by atoms with Gasteiger partial charge in [0.15, 0.2) is 0 Å². The van der Waals surface area contributed by atoms with Crippen LogP contribution in [0.4, 0.5) is 5.82 Å². The van der Waals surface area contributed by atoms with Crippen molar-refractivity contribution in [2.45, 2.75) is 25.4 Å². The van der Waals surface area contributed by atoms with E-state index in [1.807, 2.05) is 42.5 Å². The molecule has 0 radical (unpaired) electrons. The first-order chi connectivity index (χ1) is 19.0. The highest BCUT2D eigenvalue weighted by atomic mass is 16.2. The third-order valence-corrected chi connectivity index (χ3v) is 6.95. The molecule has 0 atom stereocenters. The van der Waals surface area contributed by atoms with Crippen molar-refractivity contribution >= 4 is 11.7 Å². The summed E-state index contributed by atoms with van der Waals surface area (Å²) in [5.41, 5.74) is 5.67. The normalized spacial score (nSPS) is 14.0. The zero-order valence-corrected chi connectivity index (χ0v) is 22.2. The highest BCUT2D eigenvalue weighted by Crippen LogP contribution is 2.32. The van der Waals surface area contributed by atoms with E-state index in [1.165, 1.54) is 5.56 Å². The molecule has 4 aromatic rings. The molecule has 3 heterocycles. The summed E-state index contributed by atoms with van der Waals surface area (Å²) in [7, 11) is 3.50. The summed E-state index contributed by atoms with van der Waals surface area (Å²) in [6.45, 7) is 2.85. The Morgan fingerprint density at radius 2 is 1.77 bits per heavy atom. The molecule has 2 aromatic carbocycles. The minimum Gasteiger partial charge on any atom is -0.367 e. The van der Waals surface area contributed by atoms with Crippen molar-refractivity contribution in [2.75, 3.05) is 32.5 Å². The van der Waals surface area contributed by atoms with E-state index in [2.05, 4.69) is 44.5 Å². The molecule has 8 nitrogen and oxygen atoms in total. The molecule has 2 aromatic heterocycles. The number of aromatic nitrogens is 3. The molecule has 1 fully saturated rings. The number of carbonyl (C=O) groups excluding carboxylic acids is 1. The summed E-state index contributed by atoms with van der Waals surface area (Å²) in [5, 5.41) is 12.5. The lowest BCUT2D eigenvalue weighted by molar-refractivity contribution is 0.0827. The number of hydrogen-bond acceptors (Lipinski definition) is 7. The van der Waals surface area contributed by atoms with Crippen LogP contribution in [0.5, 0.6) is 0 Å². The van der Waals surface area contributed by atoms with Crippen molar-refractivity contribution in [2.24, 2.45) is 0 Å². The number of nitrogens with zero attached hydrogens (tertiary/aromatic N) is 6. The van der Waals surface area contributed by atoms with Crippen LogP contribution in [0.15, 0.2) is 79.1 Å². The topological polar surface area (TPSA) is 98.0 Å². The summed E-state index contributed by atoms with van der Waals surface area (Å²) < 4.78 is 0. The second kappa shape index (κ2) is 11.8. The smallest absolute Gasteiger partial charge is 0.254 e. The number of benzene rings is 2. The van der Waals surface area contributed by atoms with Gasteiger partial charge in [-0.2, -0.15) is 5.26 Å². The van der Waals surface area contributed by atoms with Crippen LogP contribution in [0.3, 0.4) is 0 Å². The second-order valence-corrected chi connectivity index (χ2v) is 9.95. The maximum absolute atomic E-state index is 12.6. The van der Waals surface area contributed by atoms with Crippen molar-refractivity contribution in [3.63, 3.8) is 0 Å². The van der Waals surface area contributed by atoms with Gasteiger partial charge in [-0.1, -0.05) is 54.6 Å². The van der Waals surface area contributed by atoms with E-state index in [0.29, 0.717) is 17.4 Å². The molecule has 1 amide bonds. The Kier molecular flexibility index (Phi) is 7.90. The lowest BCUT2D eigenvalue weighted by Crippen LogP contribution is -2.38. The fraction of sp³-hybridized carbons (Fsp3) is 0.258. The molecule has 1 N–H and O–H groups in total. The Hall–Kier alpha value is -4.61. The van der Waals surface area contributed by atoms with Crippen LogP contribution in [0, 0.1) is 11.3 Å². The van der Waals surface area contributed by atoms with E-state index in [9.17, 15) is 4.79 Å². The monoisotopic (exact) mass is 517 g/mol. The number of pyridine rings is 1. The van der Waals surface area contributed by atoms with E-state index >= 15 is 0 Å². The number of likely N-dealkylation sites (tertiary alicyclic amines) is 1. The molecule has 39 heavy (non-hydrogen) atoms. The van der Waals surface area contributed by atoms with Crippen LogP contribution in [-0.2, 0) is 6.54 Å². The fourth-order valence-electron chi connectivity index (χ4n) is 4.87. The van der Waals surface area contributed by atoms with Gasteiger partial charge in [-0.05, 0) is 36.1 Å². The van der Waals surface area contributed by atoms with Crippen LogP contribution < -0.4 is 5.32 Å². The van der Waals surface area contributed by atoms with E-state index in [1.54, 1.807) is 37.5 Å². The van der Waals surface area contributed by atoms with Gasteiger partial charge in [0.2, 0.25) is 5.82 Å². The summed E-state index contributed by atoms with van der Waals surface area (Å²) >= 11 is 0. The Labute approximate surface area is 229 Å². The van der Waals surface area contributed by atoms with Gasteiger partial charge in [0.25, 0.3) is 5.91 Å². The van der Waals surface area contributed by atoms with Crippen molar-refractivity contribution < 1.29 is 4.79 Å². The first-order valence-corrected chi connectivity index (χ1v) is 13.1. The zero-order valence-electron chi connectivity index (χ0n) is 22.2. The van der Waals surface area contributed by atoms with E-state index in [0.717, 1.165) is 54.9 Å². The maximum atomic E-state index is 12.6. The maximum Gasteiger partial charge on any atom is 0.254 e. The summed E-state index contributed by atoms with van der Waals surface area (Å²) in [6, 6.07) is 24.7. The molecule has 0 bridgehead atoms. The van der Waals surface area contributed by atoms with Crippen LogP contribution in [0.1, 0.15) is 34.6 Å². The third kappa shape index (κ3) is 6.28. The van der Waals surface area contributed by atoms with Gasteiger partial charge in [-0.25, -0.2) is 9.97 Å². The number of amides is 1. The van der Waals surface area contributed by atoms with E-state index in [4.69, 9.17) is 10.2 Å². The summed E-state index contributed by atoms with van der Waals surface area (Å²) in [5.74, 6) is 0.827. The molecule has 0 unspecified atom stereocenters. The van der Waals surface area contributed by atoms with Crippen molar-refractivity contribution in [1.82, 2.24) is 24.8 Å². The number of piperidine rings is 1. The average Bonchev–Trinajstić information content (AvgIpc) is 2.98. The first-order valence-electron chi connectivity index (χ1n) is 13.1. The largest absolute Gasteiger partial charge is 0.367 e. The lowest BCUT2D eigenvalue weighted by Gasteiger charge is -2.32. The molecular formula is C31H31N7O. The number of rotatable bonds is 7. The molecule has 0 saturated carbocycles. The molecule has 1 saturated heterocycles. The molecule has 8 heteroatoms. The molecule has 0 spiro atoms. The predicted octanol–water partition coefficient (Wildman–Crippen LogP) is 4.86. The number of anilines is 1. The van der Waals surface area contributed by atoms with Crippen LogP contribution in [0.25, 0.3) is 22.4 Å². The van der Waals surface area contributed by atoms with E-state index < -0.39 is 0 Å². The van der Waals surface area contributed by atoms with Gasteiger partial charge in [-0.3, -0.25) is 14.7 Å². The van der Waals surface area contributed by atoms with Gasteiger partial charge >= 0.3 is 0 Å². The Bertz CT molecular complexity index is 1470. The van der Waals surface area contributed by atoms with Crippen molar-refractivity contribution in [3.05, 3.63) is 96.1 Å². The minimum atomic E-state index is -0.0653. The molecular weight excluding hydrogens is 486 g/mol. The van der Waals surface area contributed by atoms with E-state index in [-0.39, 0.29) is 11.7 Å². The van der Waals surface area contributed by atoms with Gasteiger partial charge in [0.1, 0.15) is 11.9 Å². The average molecular weight is 518 g/mol. The Morgan fingerprint density at radius 3 is 2.46 bits per heavy atom. The number of hydrogen-bond donors (Lipinski definition) is 1. The predicted molar refractivity (Wildman–Crippen MR) is 152 cm³/mol. The first kappa shape index (κ1) is 26.0. The number of nitrogens with one attached hydrogen (secondary N) is 1. The zero-order chi connectivity index (χ0) is 27.2. The SMILES string of the molecule is CN(C)C(=O)c1cnc(-c2ccc(CN3CCC(Nc4ccnc(C#N)n4)CC3)cc2)c(-c2ccccc2)c1. The fourth-order valence-corrected chi connectivity index (χ4v) is 4.87. The van der Waals surface area contributed by atoms with Gasteiger partial charge in [0, 0.05) is 63.3 Å². The third-order valence-electron chi connectivity index (χ3n) is 6.95. The van der Waals surface area contributed by atoms with Gasteiger partial charge in [-0.15, -0.1) is 0 Å². The quantitative estimate of drug-likeness (QED) is 0.374. The highest BCUT2D eigenvalue weighted by Gasteiger charge is 2.20. The van der Waals surface area contributed by atoms with Crippen molar-refractivity contribution in [1.29, 1.82) is 5.26 Å². The number of carbonyl (C=O) groups is 1. The number of nitriles is 1. The minimum absolute atomic E-state index is 0.0653. The summed E-state index contributed by atoms with van der Waals surface area (Å²) in [4.78, 5) is 29.5. The van der Waals surface area contributed by atoms with Gasteiger partial charge in [0.05, 0.1) is 11.3 Å². The summed E-state index contributed by atoms with van der Waals surface area (Å²) in [6.07, 6.45) is 5.29. The lowest BCUT2D eigenvalue weighted by atomic mass is 9.97. The second-order valence-electron chi connectivity index (χ2n) is 9.95. The van der Waals surface area contributed by atoms with Gasteiger partial charge < -0.3 is 10.2 Å². The van der Waals surface area contributed by atoms with Crippen LogP contribution in [0.2, 0.25) is 0 Å². The molecule has 196 valence electrons. The highest BCUT2D eigenvalue weighted by molar-refractivity contribution is 5.96. The van der Waals surface area contributed by atoms with Crippen LogP contribution in [-0.4, -0.2) is 63.9 Å². The standard InChI is InChI=1S/C31H31N7O/c1-37(2)31(39)25-18-27(23-6-4-3-5-7-23)30(34-20-25)24-10-8-22(9-11-24)21-38-16-13-26(14-17-38)35-28-12-15-33-29(19-32)36-28/h3-12,15,18,20,26H,13-14,16-17,21H2,1-2H3,(H,33,35,36). The molecule has 0 aliphatic carbocycles. The van der Waals surface area contributed by atoms with Crippen molar-refractivity contribution in [3.8, 4) is 28.5 Å². The molecule has 1 aliphatic heterocycles. The Balaban J connectivity index is 1.26.